The van der Waals surface area contributed by atoms with Crippen LogP contribution in [0, 0.1) is 3.57 Å². The molecule has 28 heavy (non-hydrogen) atoms. The van der Waals surface area contributed by atoms with Crippen LogP contribution >= 0.6 is 34.4 Å². The maximum Gasteiger partial charge on any atom is 0.328 e. The van der Waals surface area contributed by atoms with E-state index < -0.39 is 0 Å². The highest BCUT2D eigenvalue weighted by atomic mass is 127. The van der Waals surface area contributed by atoms with Crippen LogP contribution in [0.5, 0.6) is 0 Å². The summed E-state index contributed by atoms with van der Waals surface area (Å²) in [4.78, 5) is 38.8. The summed E-state index contributed by atoms with van der Waals surface area (Å²) in [5, 5.41) is -0.275. The van der Waals surface area contributed by atoms with Gasteiger partial charge in [-0.1, -0.05) is 18.2 Å². The van der Waals surface area contributed by atoms with E-state index in [0.29, 0.717) is 4.91 Å². The number of hydrogen-bond acceptors (Lipinski definition) is 4. The lowest BCUT2D eigenvalue weighted by molar-refractivity contribution is -0.123. The molecule has 0 bridgehead atoms. The number of aryl methyl sites for hydroxylation is 2. The molecule has 0 spiro atoms. The van der Waals surface area contributed by atoms with Gasteiger partial charge in [0.15, 0.2) is 0 Å². The van der Waals surface area contributed by atoms with E-state index >= 15 is 0 Å². The lowest BCUT2D eigenvalue weighted by atomic mass is 10.1. The molecule has 0 radical (unpaired) electrons. The number of aromatic nitrogens is 2. The van der Waals surface area contributed by atoms with Gasteiger partial charge in [0.05, 0.1) is 22.5 Å². The molecule has 0 aliphatic carbocycles. The molecular formula is C20H16IN3O3S. The Hall–Kier alpha value is -2.33. The highest BCUT2D eigenvalue weighted by Crippen LogP contribution is 2.33. The molecule has 6 nitrogen and oxygen atoms in total. The van der Waals surface area contributed by atoms with Crippen LogP contribution in [0.2, 0.25) is 0 Å². The van der Waals surface area contributed by atoms with Crippen LogP contribution in [0.15, 0.2) is 52.2 Å². The normalized spacial score (nSPS) is 16.0. The summed E-state index contributed by atoms with van der Waals surface area (Å²) >= 11 is 3.15. The fourth-order valence-electron chi connectivity index (χ4n) is 3.17. The molecule has 0 saturated carbocycles. The van der Waals surface area contributed by atoms with Crippen LogP contribution in [-0.2, 0) is 25.4 Å². The Labute approximate surface area is 179 Å². The van der Waals surface area contributed by atoms with Crippen LogP contribution in [0.3, 0.4) is 0 Å². The summed E-state index contributed by atoms with van der Waals surface area (Å²) in [5.74, 6) is -0.296. The van der Waals surface area contributed by atoms with Crippen molar-refractivity contribution in [3.63, 3.8) is 0 Å². The molecule has 1 saturated heterocycles. The zero-order valence-electron chi connectivity index (χ0n) is 15.2. The molecule has 142 valence electrons. The Morgan fingerprint density at radius 3 is 2.36 bits per heavy atom. The van der Waals surface area contributed by atoms with Gasteiger partial charge in [-0.2, -0.15) is 0 Å². The molecule has 3 aromatic rings. The summed E-state index contributed by atoms with van der Waals surface area (Å²) < 4.78 is 4.24. The average molecular weight is 505 g/mol. The maximum absolute atomic E-state index is 12.7. The lowest BCUT2D eigenvalue weighted by Crippen LogP contribution is -2.27. The SMILES string of the molecule is Cn1c(=O)n(C)c2cc(/C=C3\SC(=O)N(Cc4ccc(I)cc4)C3=O)ccc21. The first-order chi connectivity index (χ1) is 13.3. The van der Waals surface area contributed by atoms with Gasteiger partial charge in [0, 0.05) is 17.7 Å². The van der Waals surface area contributed by atoms with Gasteiger partial charge in [0.1, 0.15) is 0 Å². The highest BCUT2D eigenvalue weighted by Gasteiger charge is 2.35. The average Bonchev–Trinajstić information content (AvgIpc) is 3.06. The van der Waals surface area contributed by atoms with Crippen LogP contribution < -0.4 is 5.69 Å². The number of carbonyl (C=O) groups excluding carboxylic acids is 2. The zero-order chi connectivity index (χ0) is 20.0. The van der Waals surface area contributed by atoms with Crippen LogP contribution in [-0.4, -0.2) is 25.2 Å². The van der Waals surface area contributed by atoms with Gasteiger partial charge in [0.25, 0.3) is 11.1 Å². The van der Waals surface area contributed by atoms with Gasteiger partial charge >= 0.3 is 5.69 Å². The molecule has 8 heteroatoms. The number of fused-ring (bicyclic) bond motifs is 1. The van der Waals surface area contributed by atoms with Crippen molar-refractivity contribution >= 4 is 62.6 Å². The van der Waals surface area contributed by atoms with E-state index in [1.807, 2.05) is 42.5 Å². The van der Waals surface area contributed by atoms with Crippen LogP contribution in [0.1, 0.15) is 11.1 Å². The van der Waals surface area contributed by atoms with E-state index in [4.69, 9.17) is 0 Å². The van der Waals surface area contributed by atoms with Crippen molar-refractivity contribution in [2.75, 3.05) is 0 Å². The summed E-state index contributed by atoms with van der Waals surface area (Å²) in [7, 11) is 3.43. The predicted octanol–water partition coefficient (Wildman–Crippen LogP) is 3.72. The summed E-state index contributed by atoms with van der Waals surface area (Å²) in [6.45, 7) is 0.255. The third kappa shape index (κ3) is 3.30. The summed E-state index contributed by atoms with van der Waals surface area (Å²) in [5.41, 5.74) is 3.17. The molecule has 1 aliphatic rings. The van der Waals surface area contributed by atoms with E-state index in [1.54, 1.807) is 29.3 Å². The van der Waals surface area contributed by atoms with Crippen molar-refractivity contribution in [3.05, 3.63) is 72.6 Å². The number of benzene rings is 2. The number of halogens is 1. The third-order valence-corrected chi connectivity index (χ3v) is 6.35. The number of amides is 2. The van der Waals surface area contributed by atoms with Gasteiger partial charge in [-0.05, 0) is 75.8 Å². The van der Waals surface area contributed by atoms with Gasteiger partial charge in [0.2, 0.25) is 0 Å². The first kappa shape index (κ1) is 19.0. The second kappa shape index (κ2) is 7.25. The van der Waals surface area contributed by atoms with Gasteiger partial charge in [-0.15, -0.1) is 0 Å². The summed E-state index contributed by atoms with van der Waals surface area (Å²) in [6, 6.07) is 13.3. The summed E-state index contributed by atoms with van der Waals surface area (Å²) in [6.07, 6.45) is 1.70. The van der Waals surface area contributed by atoms with E-state index in [2.05, 4.69) is 22.6 Å². The number of rotatable bonds is 3. The van der Waals surface area contributed by atoms with Crippen molar-refractivity contribution in [2.24, 2.45) is 14.1 Å². The molecule has 1 fully saturated rings. The standard InChI is InChI=1S/C20H16IN3O3S/c1-22-15-8-5-13(9-16(15)23(2)19(22)26)10-17-18(25)24(20(27)28-17)11-12-3-6-14(21)7-4-12/h3-10H,11H2,1-2H3/b17-10-. The molecule has 0 N–H and O–H groups in total. The molecule has 2 heterocycles. The van der Waals surface area contributed by atoms with Crippen LogP contribution in [0.25, 0.3) is 17.1 Å². The van der Waals surface area contributed by atoms with E-state index in [1.165, 1.54) is 4.90 Å². The molecular weight excluding hydrogens is 489 g/mol. The van der Waals surface area contributed by atoms with Crippen LogP contribution in [0.4, 0.5) is 4.79 Å². The second-order valence-corrected chi connectivity index (χ2v) is 8.78. The Bertz CT molecular complexity index is 1210. The smallest absolute Gasteiger partial charge is 0.295 e. The van der Waals surface area contributed by atoms with Crippen molar-refractivity contribution < 1.29 is 9.59 Å². The van der Waals surface area contributed by atoms with Gasteiger partial charge in [-0.3, -0.25) is 23.6 Å². The molecule has 2 aromatic carbocycles. The fraction of sp³-hybridized carbons (Fsp3) is 0.150. The quantitative estimate of drug-likeness (QED) is 0.402. The molecule has 0 unspecified atom stereocenters. The first-order valence-corrected chi connectivity index (χ1v) is 10.4. The van der Waals surface area contributed by atoms with Gasteiger partial charge < -0.3 is 0 Å². The number of imidazole rings is 1. The predicted molar refractivity (Wildman–Crippen MR) is 119 cm³/mol. The fourth-order valence-corrected chi connectivity index (χ4v) is 4.37. The molecule has 1 aromatic heterocycles. The minimum atomic E-state index is -0.296. The maximum atomic E-state index is 12.7. The number of carbonyl (C=O) groups is 2. The number of nitrogens with zero attached hydrogens (tertiary/aromatic N) is 3. The van der Waals surface area contributed by atoms with Crippen molar-refractivity contribution in [1.82, 2.24) is 14.0 Å². The first-order valence-electron chi connectivity index (χ1n) is 8.50. The monoisotopic (exact) mass is 505 g/mol. The Morgan fingerprint density at radius 2 is 1.64 bits per heavy atom. The third-order valence-electron chi connectivity index (χ3n) is 4.72. The number of hydrogen-bond donors (Lipinski definition) is 0. The topological polar surface area (TPSA) is 64.3 Å². The molecule has 2 amide bonds. The molecule has 1 aliphatic heterocycles. The lowest BCUT2D eigenvalue weighted by Gasteiger charge is -2.12. The van der Waals surface area contributed by atoms with Crippen molar-refractivity contribution in [3.8, 4) is 0 Å². The van der Waals surface area contributed by atoms with Gasteiger partial charge in [-0.25, -0.2) is 4.79 Å². The van der Waals surface area contributed by atoms with E-state index in [0.717, 1.165) is 37.5 Å². The van der Waals surface area contributed by atoms with Crippen molar-refractivity contribution in [1.29, 1.82) is 0 Å². The Kier molecular flexibility index (Phi) is 4.92. The number of thioether (sulfide) groups is 1. The largest absolute Gasteiger partial charge is 0.328 e. The van der Waals surface area contributed by atoms with Crippen molar-refractivity contribution in [2.45, 2.75) is 6.54 Å². The highest BCUT2D eigenvalue weighted by molar-refractivity contribution is 14.1. The van der Waals surface area contributed by atoms with E-state index in [9.17, 15) is 14.4 Å². The second-order valence-electron chi connectivity index (χ2n) is 6.54. The van der Waals surface area contributed by atoms with E-state index in [-0.39, 0.29) is 23.4 Å². The number of imide groups is 1. The Balaban J connectivity index is 1.63. The molecule has 0 atom stereocenters. The Morgan fingerprint density at radius 1 is 0.964 bits per heavy atom. The molecule has 4 rings (SSSR count). The minimum absolute atomic E-state index is 0.106. The zero-order valence-corrected chi connectivity index (χ0v) is 18.2. The minimum Gasteiger partial charge on any atom is -0.295 e.